The zero-order valence-corrected chi connectivity index (χ0v) is 16.1. The van der Waals surface area contributed by atoms with Crippen LogP contribution >= 0.6 is 0 Å². The van der Waals surface area contributed by atoms with Gasteiger partial charge in [0.2, 0.25) is 10.0 Å². The molecular formula is C17H25N3O5S. The van der Waals surface area contributed by atoms with Crippen LogP contribution in [0.3, 0.4) is 0 Å². The highest BCUT2D eigenvalue weighted by atomic mass is 32.2. The van der Waals surface area contributed by atoms with Crippen molar-refractivity contribution < 1.29 is 22.7 Å². The summed E-state index contributed by atoms with van der Waals surface area (Å²) in [5, 5.41) is 4.13. The van der Waals surface area contributed by atoms with Crippen molar-refractivity contribution >= 4 is 27.3 Å². The van der Waals surface area contributed by atoms with Gasteiger partial charge in [0, 0.05) is 11.8 Å². The molecule has 9 heteroatoms. The molecule has 144 valence electrons. The minimum Gasteiger partial charge on any atom is -0.497 e. The summed E-state index contributed by atoms with van der Waals surface area (Å²) in [5.41, 5.74) is 3.63. The number of hydrogen-bond acceptors (Lipinski definition) is 6. The van der Waals surface area contributed by atoms with Crippen molar-refractivity contribution in [2.24, 2.45) is 5.10 Å². The van der Waals surface area contributed by atoms with Gasteiger partial charge < -0.3 is 9.47 Å². The van der Waals surface area contributed by atoms with E-state index in [4.69, 9.17) is 9.47 Å². The van der Waals surface area contributed by atoms with Gasteiger partial charge in [0.1, 0.15) is 18.0 Å². The highest BCUT2D eigenvalue weighted by Crippen LogP contribution is 2.33. The van der Waals surface area contributed by atoms with Crippen LogP contribution in [0.15, 0.2) is 23.3 Å². The van der Waals surface area contributed by atoms with Crippen LogP contribution in [0.1, 0.15) is 32.1 Å². The molecule has 0 heterocycles. The zero-order chi connectivity index (χ0) is 19.2. The Morgan fingerprint density at radius 3 is 2.46 bits per heavy atom. The van der Waals surface area contributed by atoms with Crippen LogP contribution in [-0.4, -0.2) is 47.1 Å². The quantitative estimate of drug-likeness (QED) is 0.726. The molecule has 0 bridgehead atoms. The Labute approximate surface area is 154 Å². The van der Waals surface area contributed by atoms with Crippen LogP contribution < -0.4 is 19.2 Å². The summed E-state index contributed by atoms with van der Waals surface area (Å²) in [7, 11) is -0.818. The highest BCUT2D eigenvalue weighted by Gasteiger charge is 2.24. The molecule has 2 rings (SSSR count). The molecule has 1 amide bonds. The third-order valence-electron chi connectivity index (χ3n) is 4.11. The van der Waals surface area contributed by atoms with E-state index in [9.17, 15) is 13.2 Å². The molecule has 0 atom stereocenters. The number of sulfonamides is 1. The van der Waals surface area contributed by atoms with E-state index in [0.29, 0.717) is 11.5 Å². The molecule has 26 heavy (non-hydrogen) atoms. The van der Waals surface area contributed by atoms with E-state index < -0.39 is 22.5 Å². The van der Waals surface area contributed by atoms with Gasteiger partial charge in [-0.1, -0.05) is 6.42 Å². The molecule has 0 radical (unpaired) electrons. The minimum absolute atomic E-state index is 0.231. The molecule has 0 unspecified atom stereocenters. The molecule has 0 aliphatic heterocycles. The van der Waals surface area contributed by atoms with Crippen LogP contribution in [0.5, 0.6) is 11.5 Å². The maximum atomic E-state index is 12.3. The molecule has 0 spiro atoms. The number of ether oxygens (including phenoxy) is 2. The van der Waals surface area contributed by atoms with Crippen molar-refractivity contribution in [3.05, 3.63) is 18.2 Å². The van der Waals surface area contributed by atoms with Gasteiger partial charge in [0.05, 0.1) is 26.2 Å². The molecule has 0 saturated heterocycles. The molecule has 0 aromatic heterocycles. The zero-order valence-electron chi connectivity index (χ0n) is 15.3. The number of hydrazone groups is 1. The third kappa shape index (κ3) is 5.35. The summed E-state index contributed by atoms with van der Waals surface area (Å²) in [6, 6.07) is 4.75. The number of hydrogen-bond donors (Lipinski definition) is 1. The predicted molar refractivity (Wildman–Crippen MR) is 100 cm³/mol. The Kier molecular flexibility index (Phi) is 6.84. The monoisotopic (exact) mass is 383 g/mol. The maximum absolute atomic E-state index is 12.3. The Hall–Kier alpha value is -2.29. The van der Waals surface area contributed by atoms with Crippen LogP contribution in [-0.2, 0) is 14.8 Å². The molecular weight excluding hydrogens is 358 g/mol. The minimum atomic E-state index is -3.73. The number of anilines is 1. The Bertz CT molecular complexity index is 769. The number of carbonyl (C=O) groups excluding carboxylic acids is 1. The summed E-state index contributed by atoms with van der Waals surface area (Å²) < 4.78 is 35.9. The molecule has 1 N–H and O–H groups in total. The summed E-state index contributed by atoms with van der Waals surface area (Å²) in [6.07, 6.45) is 6.05. The summed E-state index contributed by atoms with van der Waals surface area (Å²) in [6.45, 7) is -0.404. The number of benzene rings is 1. The van der Waals surface area contributed by atoms with E-state index in [1.807, 2.05) is 0 Å². The Morgan fingerprint density at radius 2 is 1.88 bits per heavy atom. The number of carbonyl (C=O) groups is 1. The SMILES string of the molecule is COc1ccc(OC)c(N(CC(=O)NN=C2CCCCC2)S(C)(=O)=O)c1. The van der Waals surface area contributed by atoms with Crippen LogP contribution in [0.2, 0.25) is 0 Å². The topological polar surface area (TPSA) is 97.3 Å². The fourth-order valence-corrected chi connectivity index (χ4v) is 3.60. The normalized spacial score (nSPS) is 14.5. The van der Waals surface area contributed by atoms with Gasteiger partial charge in [-0.05, 0) is 37.8 Å². The van der Waals surface area contributed by atoms with E-state index in [1.54, 1.807) is 12.1 Å². The highest BCUT2D eigenvalue weighted by molar-refractivity contribution is 7.92. The second-order valence-corrected chi connectivity index (χ2v) is 7.99. The third-order valence-corrected chi connectivity index (χ3v) is 5.24. The van der Waals surface area contributed by atoms with E-state index >= 15 is 0 Å². The van der Waals surface area contributed by atoms with Crippen LogP contribution in [0, 0.1) is 0 Å². The lowest BCUT2D eigenvalue weighted by Gasteiger charge is -2.24. The maximum Gasteiger partial charge on any atom is 0.260 e. The lowest BCUT2D eigenvalue weighted by Crippen LogP contribution is -2.39. The summed E-state index contributed by atoms with van der Waals surface area (Å²) >= 11 is 0. The van der Waals surface area contributed by atoms with E-state index in [0.717, 1.165) is 42.0 Å². The van der Waals surface area contributed by atoms with Gasteiger partial charge in [-0.25, -0.2) is 13.8 Å². The van der Waals surface area contributed by atoms with E-state index in [1.165, 1.54) is 26.7 Å². The number of methoxy groups -OCH3 is 2. The fourth-order valence-electron chi connectivity index (χ4n) is 2.75. The van der Waals surface area contributed by atoms with Gasteiger partial charge in [-0.2, -0.15) is 5.10 Å². The molecule has 1 aliphatic rings. The molecule has 1 fully saturated rings. The molecule has 1 aliphatic carbocycles. The van der Waals surface area contributed by atoms with Crippen molar-refractivity contribution in [1.29, 1.82) is 0 Å². The van der Waals surface area contributed by atoms with Gasteiger partial charge in [-0.3, -0.25) is 9.10 Å². The predicted octanol–water partition coefficient (Wildman–Crippen LogP) is 1.91. The smallest absolute Gasteiger partial charge is 0.260 e. The number of rotatable bonds is 7. The van der Waals surface area contributed by atoms with Crippen LogP contribution in [0.25, 0.3) is 0 Å². The summed E-state index contributed by atoms with van der Waals surface area (Å²) in [5.74, 6) is 0.262. The number of amides is 1. The first-order valence-corrected chi connectivity index (χ1v) is 10.2. The number of nitrogens with zero attached hydrogens (tertiary/aromatic N) is 2. The molecule has 8 nitrogen and oxygen atoms in total. The van der Waals surface area contributed by atoms with Crippen molar-refractivity contribution in [3.63, 3.8) is 0 Å². The van der Waals surface area contributed by atoms with E-state index in [2.05, 4.69) is 10.5 Å². The average molecular weight is 383 g/mol. The lowest BCUT2D eigenvalue weighted by molar-refractivity contribution is -0.119. The van der Waals surface area contributed by atoms with Crippen LogP contribution in [0.4, 0.5) is 5.69 Å². The fraction of sp³-hybridized carbons (Fsp3) is 0.529. The van der Waals surface area contributed by atoms with Crippen molar-refractivity contribution in [1.82, 2.24) is 5.43 Å². The van der Waals surface area contributed by atoms with E-state index in [-0.39, 0.29) is 5.69 Å². The molecule has 1 saturated carbocycles. The first kappa shape index (κ1) is 20.0. The first-order valence-electron chi connectivity index (χ1n) is 8.39. The second kappa shape index (κ2) is 8.88. The molecule has 1 aromatic carbocycles. The second-order valence-electron chi connectivity index (χ2n) is 6.08. The lowest BCUT2D eigenvalue weighted by atomic mass is 9.99. The van der Waals surface area contributed by atoms with Gasteiger partial charge in [-0.15, -0.1) is 0 Å². The Balaban J connectivity index is 2.22. The standard InChI is InChI=1S/C17H25N3O5S/c1-24-14-9-10-16(25-2)15(11-14)20(26(3,22)23)12-17(21)19-18-13-7-5-4-6-8-13/h9-11H,4-8,12H2,1-3H3,(H,19,21). The van der Waals surface area contributed by atoms with Gasteiger partial charge >= 0.3 is 0 Å². The van der Waals surface area contributed by atoms with Crippen molar-refractivity contribution in [2.75, 3.05) is 31.3 Å². The van der Waals surface area contributed by atoms with Crippen molar-refractivity contribution in [2.45, 2.75) is 32.1 Å². The van der Waals surface area contributed by atoms with Gasteiger partial charge in [0.15, 0.2) is 0 Å². The Morgan fingerprint density at radius 1 is 1.19 bits per heavy atom. The first-order chi connectivity index (χ1) is 12.3. The largest absolute Gasteiger partial charge is 0.497 e. The average Bonchev–Trinajstić information content (AvgIpc) is 2.63. The van der Waals surface area contributed by atoms with Crippen molar-refractivity contribution in [3.8, 4) is 11.5 Å². The number of nitrogens with one attached hydrogen (secondary N) is 1. The summed E-state index contributed by atoms with van der Waals surface area (Å²) in [4.78, 5) is 12.3. The molecule has 1 aromatic rings. The van der Waals surface area contributed by atoms with Gasteiger partial charge in [0.25, 0.3) is 5.91 Å².